The van der Waals surface area contributed by atoms with Gasteiger partial charge in [0.1, 0.15) is 30.8 Å². The molecule has 0 aromatic heterocycles. The number of carbonyl (C=O) groups excluding carboxylic acids is 2. The van der Waals surface area contributed by atoms with Crippen LogP contribution in [0.4, 0.5) is 4.79 Å². The number of rotatable bonds is 5. The van der Waals surface area contributed by atoms with Gasteiger partial charge in [-0.3, -0.25) is 4.79 Å². The third kappa shape index (κ3) is 4.12. The Morgan fingerprint density at radius 2 is 2.08 bits per heavy atom. The van der Waals surface area contributed by atoms with E-state index in [1.807, 2.05) is 32.0 Å². The number of carbonyl (C=O) groups is 2. The molecule has 7 heteroatoms. The third-order valence-corrected chi connectivity index (χ3v) is 3.60. The highest BCUT2D eigenvalue weighted by atomic mass is 16.6. The zero-order chi connectivity index (χ0) is 18.4. The van der Waals surface area contributed by atoms with Crippen molar-refractivity contribution in [1.82, 2.24) is 5.32 Å². The van der Waals surface area contributed by atoms with E-state index in [1.165, 1.54) is 7.11 Å². The molecule has 3 N–H and O–H groups in total. The standard InChI is InChI=1S/C16H16N2O5.C2H6/c1-21-14-6-11-9(5-12(14)15(17)19)3-2-4-13(11)22-7-10-8-23-16(20)18-10;1-2/h2-6,10H,7-8H2,1H3,(H2,17,19)(H,18,20);1-2H3. The van der Waals surface area contributed by atoms with Gasteiger partial charge in [-0.1, -0.05) is 26.0 Å². The SMILES string of the molecule is CC.COc1cc2c(OCC3COC(=O)N3)cccc2cc1C(N)=O. The van der Waals surface area contributed by atoms with Crippen LogP contribution in [0, 0.1) is 0 Å². The molecule has 1 fully saturated rings. The fraction of sp³-hybridized carbons (Fsp3) is 0.333. The van der Waals surface area contributed by atoms with Gasteiger partial charge in [0, 0.05) is 5.39 Å². The van der Waals surface area contributed by atoms with Crippen LogP contribution in [0.15, 0.2) is 30.3 Å². The van der Waals surface area contributed by atoms with Crippen molar-refractivity contribution in [2.75, 3.05) is 20.3 Å². The lowest BCUT2D eigenvalue weighted by atomic mass is 10.0. The second-order valence-corrected chi connectivity index (χ2v) is 5.14. The number of nitrogens with one attached hydrogen (secondary N) is 1. The van der Waals surface area contributed by atoms with Gasteiger partial charge in [0.05, 0.1) is 12.7 Å². The Labute approximate surface area is 146 Å². The van der Waals surface area contributed by atoms with Crippen LogP contribution < -0.4 is 20.5 Å². The third-order valence-electron chi connectivity index (χ3n) is 3.60. The van der Waals surface area contributed by atoms with Gasteiger partial charge in [0.2, 0.25) is 0 Å². The fourth-order valence-corrected chi connectivity index (χ4v) is 2.47. The zero-order valence-electron chi connectivity index (χ0n) is 14.5. The minimum Gasteiger partial charge on any atom is -0.496 e. The molecule has 1 unspecified atom stereocenters. The van der Waals surface area contributed by atoms with Crippen molar-refractivity contribution in [3.05, 3.63) is 35.9 Å². The number of methoxy groups -OCH3 is 1. The summed E-state index contributed by atoms with van der Waals surface area (Å²) in [5.41, 5.74) is 5.68. The number of ether oxygens (including phenoxy) is 3. The molecule has 0 spiro atoms. The normalized spacial score (nSPS) is 15.6. The van der Waals surface area contributed by atoms with E-state index in [4.69, 9.17) is 19.9 Å². The first-order valence-electron chi connectivity index (χ1n) is 8.05. The molecule has 2 aromatic rings. The van der Waals surface area contributed by atoms with Crippen LogP contribution in [0.3, 0.4) is 0 Å². The lowest BCUT2D eigenvalue weighted by Crippen LogP contribution is -2.32. The molecule has 25 heavy (non-hydrogen) atoms. The predicted molar refractivity (Wildman–Crippen MR) is 94.1 cm³/mol. The Bertz CT molecular complexity index is 775. The first-order valence-corrected chi connectivity index (χ1v) is 8.05. The summed E-state index contributed by atoms with van der Waals surface area (Å²) in [6.45, 7) is 4.56. The molecular weight excluding hydrogens is 324 g/mol. The second-order valence-electron chi connectivity index (χ2n) is 5.14. The molecule has 0 bridgehead atoms. The Kier molecular flexibility index (Phi) is 6.05. The van der Waals surface area contributed by atoms with Gasteiger partial charge in [-0.25, -0.2) is 4.79 Å². The van der Waals surface area contributed by atoms with Crippen molar-refractivity contribution < 1.29 is 23.8 Å². The van der Waals surface area contributed by atoms with Gasteiger partial charge >= 0.3 is 6.09 Å². The highest BCUT2D eigenvalue weighted by Crippen LogP contribution is 2.32. The van der Waals surface area contributed by atoms with Gasteiger partial charge < -0.3 is 25.3 Å². The summed E-state index contributed by atoms with van der Waals surface area (Å²) >= 11 is 0. The Balaban J connectivity index is 0.00000109. The van der Waals surface area contributed by atoms with E-state index >= 15 is 0 Å². The van der Waals surface area contributed by atoms with Crippen molar-refractivity contribution in [2.24, 2.45) is 5.73 Å². The van der Waals surface area contributed by atoms with Gasteiger partial charge in [-0.15, -0.1) is 0 Å². The zero-order valence-corrected chi connectivity index (χ0v) is 14.5. The van der Waals surface area contributed by atoms with Crippen LogP contribution in [-0.4, -0.2) is 38.4 Å². The van der Waals surface area contributed by atoms with Gasteiger partial charge in [0.15, 0.2) is 0 Å². The molecule has 0 saturated carbocycles. The van der Waals surface area contributed by atoms with E-state index in [0.29, 0.717) is 17.1 Å². The molecule has 134 valence electrons. The van der Waals surface area contributed by atoms with E-state index in [2.05, 4.69) is 5.32 Å². The predicted octanol–water partition coefficient (Wildman–Crippen LogP) is 2.46. The Hall–Kier alpha value is -2.96. The van der Waals surface area contributed by atoms with Crippen LogP contribution in [-0.2, 0) is 4.74 Å². The first-order chi connectivity index (χ1) is 12.1. The van der Waals surface area contributed by atoms with Crippen molar-refractivity contribution in [3.63, 3.8) is 0 Å². The lowest BCUT2D eigenvalue weighted by Gasteiger charge is -2.14. The number of cyclic esters (lactones) is 1. The number of benzene rings is 2. The van der Waals surface area contributed by atoms with Crippen LogP contribution >= 0.6 is 0 Å². The summed E-state index contributed by atoms with van der Waals surface area (Å²) in [4.78, 5) is 22.5. The monoisotopic (exact) mass is 346 g/mol. The summed E-state index contributed by atoms with van der Waals surface area (Å²) in [5.74, 6) is 0.456. The molecular formula is C18H22N2O5. The van der Waals surface area contributed by atoms with Crippen molar-refractivity contribution in [1.29, 1.82) is 0 Å². The quantitative estimate of drug-likeness (QED) is 0.866. The number of hydrogen-bond donors (Lipinski definition) is 2. The molecule has 2 amide bonds. The number of nitrogens with two attached hydrogens (primary N) is 1. The maximum atomic E-state index is 11.5. The molecule has 1 saturated heterocycles. The molecule has 0 aliphatic carbocycles. The maximum Gasteiger partial charge on any atom is 0.407 e. The topological polar surface area (TPSA) is 99.9 Å². The fourth-order valence-electron chi connectivity index (χ4n) is 2.47. The smallest absolute Gasteiger partial charge is 0.407 e. The largest absolute Gasteiger partial charge is 0.496 e. The average molecular weight is 346 g/mol. The summed E-state index contributed by atoms with van der Waals surface area (Å²) in [7, 11) is 1.47. The molecule has 1 aliphatic heterocycles. The first kappa shape index (κ1) is 18.4. The van der Waals surface area contributed by atoms with Crippen molar-refractivity contribution in [3.8, 4) is 11.5 Å². The number of amides is 2. The van der Waals surface area contributed by atoms with Crippen LogP contribution in [0.2, 0.25) is 0 Å². The van der Waals surface area contributed by atoms with Gasteiger partial charge in [0.25, 0.3) is 5.91 Å². The summed E-state index contributed by atoms with van der Waals surface area (Å²) in [6.07, 6.45) is -0.440. The van der Waals surface area contributed by atoms with E-state index in [0.717, 1.165) is 10.8 Å². The molecule has 1 atom stereocenters. The van der Waals surface area contributed by atoms with E-state index in [-0.39, 0.29) is 19.3 Å². The lowest BCUT2D eigenvalue weighted by molar-refractivity contribution is 0.0997. The Morgan fingerprint density at radius 1 is 1.32 bits per heavy atom. The highest BCUT2D eigenvalue weighted by Gasteiger charge is 2.23. The van der Waals surface area contributed by atoms with Gasteiger partial charge in [-0.05, 0) is 23.6 Å². The summed E-state index contributed by atoms with van der Waals surface area (Å²) in [6, 6.07) is 8.68. The molecule has 3 rings (SSSR count). The maximum absolute atomic E-state index is 11.5. The summed E-state index contributed by atoms with van der Waals surface area (Å²) < 4.78 is 15.8. The van der Waals surface area contributed by atoms with Crippen LogP contribution in [0.25, 0.3) is 10.8 Å². The number of alkyl carbamates (subject to hydrolysis) is 1. The minimum absolute atomic E-state index is 0.190. The molecule has 1 aliphatic rings. The molecule has 0 radical (unpaired) electrons. The number of hydrogen-bond acceptors (Lipinski definition) is 5. The average Bonchev–Trinajstić information content (AvgIpc) is 3.05. The van der Waals surface area contributed by atoms with E-state index in [1.54, 1.807) is 12.1 Å². The van der Waals surface area contributed by atoms with E-state index in [9.17, 15) is 9.59 Å². The van der Waals surface area contributed by atoms with Crippen molar-refractivity contribution >= 4 is 22.8 Å². The van der Waals surface area contributed by atoms with E-state index < -0.39 is 12.0 Å². The van der Waals surface area contributed by atoms with Crippen LogP contribution in [0.1, 0.15) is 24.2 Å². The molecule has 1 heterocycles. The highest BCUT2D eigenvalue weighted by molar-refractivity contribution is 6.02. The Morgan fingerprint density at radius 3 is 2.68 bits per heavy atom. The number of primary amides is 1. The number of fused-ring (bicyclic) bond motifs is 1. The van der Waals surface area contributed by atoms with Crippen LogP contribution in [0.5, 0.6) is 11.5 Å². The summed E-state index contributed by atoms with van der Waals surface area (Å²) in [5, 5.41) is 4.25. The van der Waals surface area contributed by atoms with Gasteiger partial charge in [-0.2, -0.15) is 0 Å². The molecule has 7 nitrogen and oxygen atoms in total. The minimum atomic E-state index is -0.555. The second kappa shape index (κ2) is 8.23. The van der Waals surface area contributed by atoms with Crippen molar-refractivity contribution in [2.45, 2.75) is 19.9 Å². The molecule has 2 aromatic carbocycles.